The lowest BCUT2D eigenvalue weighted by molar-refractivity contribution is -0.142. The third kappa shape index (κ3) is 8.20. The van der Waals surface area contributed by atoms with E-state index in [0.717, 1.165) is 0 Å². The third-order valence-corrected chi connectivity index (χ3v) is 1.01. The zero-order valence-electron chi connectivity index (χ0n) is 5.51. The van der Waals surface area contributed by atoms with E-state index in [4.69, 9.17) is 5.73 Å². The van der Waals surface area contributed by atoms with Crippen molar-refractivity contribution in [1.82, 2.24) is 0 Å². The van der Waals surface area contributed by atoms with Crippen molar-refractivity contribution in [3.8, 4) is 0 Å². The number of hydrogen-bond acceptors (Lipinski definition) is 3. The van der Waals surface area contributed by atoms with Gasteiger partial charge in [0.05, 0.1) is 6.42 Å². The average Bonchev–Trinajstić information content (AvgIpc) is 1.85. The fraction of sp³-hybridized carbons (Fsp3) is 0.800. The predicted octanol–water partition coefficient (Wildman–Crippen LogP) is 0.695. The van der Waals surface area contributed by atoms with Crippen LogP contribution in [0.25, 0.3) is 0 Å². The molecule has 0 rings (SSSR count). The summed E-state index contributed by atoms with van der Waals surface area (Å²) >= 11 is 3.12. The van der Waals surface area contributed by atoms with E-state index < -0.39 is 0 Å². The maximum Gasteiger partial charge on any atom is 0.307 e. The highest BCUT2D eigenvalue weighted by atomic mass is 79.9. The molecule has 0 bridgehead atoms. The second-order valence-corrected chi connectivity index (χ2v) is 2.24. The molecular formula is C5H11BrClNO2. The molecule has 0 aliphatic rings. The number of alkyl halides is 1. The molecule has 2 N–H and O–H groups in total. The van der Waals surface area contributed by atoms with E-state index in [1.807, 2.05) is 0 Å². The minimum Gasteiger partial charge on any atom is -0.465 e. The predicted molar refractivity (Wildman–Crippen MR) is 45.7 cm³/mol. The lowest BCUT2D eigenvalue weighted by Gasteiger charge is -1.98. The number of ether oxygens (including phenoxy) is 1. The van der Waals surface area contributed by atoms with Gasteiger partial charge < -0.3 is 10.5 Å². The molecule has 10 heavy (non-hydrogen) atoms. The molecule has 0 amide bonds. The number of rotatable bonds is 4. The van der Waals surface area contributed by atoms with Crippen molar-refractivity contribution in [2.75, 3.05) is 18.5 Å². The van der Waals surface area contributed by atoms with Crippen molar-refractivity contribution in [2.24, 2.45) is 5.73 Å². The summed E-state index contributed by atoms with van der Waals surface area (Å²) < 4.78 is 4.67. The molecule has 0 aliphatic heterocycles. The molecule has 0 fully saturated rings. The highest BCUT2D eigenvalue weighted by molar-refractivity contribution is 9.09. The van der Waals surface area contributed by atoms with Crippen LogP contribution >= 0.6 is 28.3 Å². The zero-order chi connectivity index (χ0) is 7.11. The van der Waals surface area contributed by atoms with Crippen LogP contribution in [0.4, 0.5) is 0 Å². The monoisotopic (exact) mass is 231 g/mol. The molecule has 0 heterocycles. The smallest absolute Gasteiger partial charge is 0.307 e. The first kappa shape index (κ1) is 12.8. The summed E-state index contributed by atoms with van der Waals surface area (Å²) in [5, 5.41) is 0.684. The van der Waals surface area contributed by atoms with Gasteiger partial charge in [0, 0.05) is 11.9 Å². The minimum absolute atomic E-state index is 0. The molecule has 0 aromatic carbocycles. The maximum atomic E-state index is 10.5. The van der Waals surface area contributed by atoms with Crippen molar-refractivity contribution in [3.05, 3.63) is 0 Å². The number of halogens is 2. The molecule has 0 atom stereocenters. The molecule has 0 aromatic rings. The van der Waals surface area contributed by atoms with Gasteiger partial charge in [-0.15, -0.1) is 12.4 Å². The lowest BCUT2D eigenvalue weighted by atomic mass is 10.4. The van der Waals surface area contributed by atoms with Crippen LogP contribution < -0.4 is 5.73 Å². The van der Waals surface area contributed by atoms with Crippen LogP contribution in [0.1, 0.15) is 6.42 Å². The summed E-state index contributed by atoms with van der Waals surface area (Å²) in [6.45, 7) is 0.792. The summed E-state index contributed by atoms with van der Waals surface area (Å²) in [6.07, 6.45) is 0.312. The number of carbonyl (C=O) groups excluding carboxylic acids is 1. The molecule has 0 radical (unpaired) electrons. The van der Waals surface area contributed by atoms with E-state index >= 15 is 0 Å². The Morgan fingerprint density at radius 1 is 1.60 bits per heavy atom. The van der Waals surface area contributed by atoms with Crippen LogP contribution in [-0.2, 0) is 9.53 Å². The first-order valence-corrected chi connectivity index (χ1v) is 3.85. The van der Waals surface area contributed by atoms with Crippen LogP contribution in [-0.4, -0.2) is 24.5 Å². The topological polar surface area (TPSA) is 52.3 Å². The Kier molecular flexibility index (Phi) is 11.8. The van der Waals surface area contributed by atoms with E-state index in [1.165, 1.54) is 0 Å². The van der Waals surface area contributed by atoms with Crippen molar-refractivity contribution < 1.29 is 9.53 Å². The largest absolute Gasteiger partial charge is 0.465 e. The molecule has 0 unspecified atom stereocenters. The summed E-state index contributed by atoms with van der Waals surface area (Å²) in [5.41, 5.74) is 5.09. The van der Waals surface area contributed by atoms with Crippen molar-refractivity contribution in [1.29, 1.82) is 0 Å². The fourth-order valence-electron chi connectivity index (χ4n) is 0.342. The number of nitrogens with two attached hydrogens (primary N) is 1. The van der Waals surface area contributed by atoms with E-state index in [1.54, 1.807) is 0 Å². The van der Waals surface area contributed by atoms with Gasteiger partial charge in [0.25, 0.3) is 0 Å². The standard InChI is InChI=1S/C5H10BrNO2.ClH/c6-2-4-9-5(8)1-3-7;/h1-4,7H2;1H. The molecule has 0 aromatic heterocycles. The molecule has 0 aliphatic carbocycles. The number of hydrogen-bond donors (Lipinski definition) is 1. The highest BCUT2D eigenvalue weighted by Crippen LogP contribution is 1.85. The Balaban J connectivity index is 0. The van der Waals surface area contributed by atoms with Crippen LogP contribution in [0, 0.1) is 0 Å². The number of carbonyl (C=O) groups is 1. The second-order valence-electron chi connectivity index (χ2n) is 1.45. The Hall–Kier alpha value is 0.200. The zero-order valence-corrected chi connectivity index (χ0v) is 7.91. The van der Waals surface area contributed by atoms with Gasteiger partial charge in [0.2, 0.25) is 0 Å². The molecule has 62 valence electrons. The highest BCUT2D eigenvalue weighted by Gasteiger charge is 1.97. The summed E-state index contributed by atoms with van der Waals surface area (Å²) in [6, 6.07) is 0. The van der Waals surface area contributed by atoms with Gasteiger partial charge in [-0.05, 0) is 0 Å². The van der Waals surface area contributed by atoms with Gasteiger partial charge in [0.15, 0.2) is 0 Å². The van der Waals surface area contributed by atoms with Crippen molar-refractivity contribution in [3.63, 3.8) is 0 Å². The van der Waals surface area contributed by atoms with E-state index in [-0.39, 0.29) is 18.4 Å². The van der Waals surface area contributed by atoms with E-state index in [9.17, 15) is 4.79 Å². The average molecular weight is 233 g/mol. The van der Waals surface area contributed by atoms with Gasteiger partial charge in [-0.3, -0.25) is 4.79 Å². The third-order valence-electron chi connectivity index (χ3n) is 0.689. The van der Waals surface area contributed by atoms with Gasteiger partial charge in [0.1, 0.15) is 6.61 Å². The van der Waals surface area contributed by atoms with E-state index in [2.05, 4.69) is 20.7 Å². The summed E-state index contributed by atoms with van der Waals surface area (Å²) in [5.74, 6) is -0.225. The van der Waals surface area contributed by atoms with Gasteiger partial charge in [-0.2, -0.15) is 0 Å². The Morgan fingerprint density at radius 3 is 2.60 bits per heavy atom. The Morgan fingerprint density at radius 2 is 2.20 bits per heavy atom. The SMILES string of the molecule is Cl.NCCC(=O)OCCBr. The molecule has 0 spiro atoms. The molecule has 0 saturated heterocycles. The van der Waals surface area contributed by atoms with Crippen LogP contribution in [0.3, 0.4) is 0 Å². The van der Waals surface area contributed by atoms with Gasteiger partial charge in [-0.1, -0.05) is 15.9 Å². The van der Waals surface area contributed by atoms with Crippen LogP contribution in [0.5, 0.6) is 0 Å². The Labute approximate surface area is 74.8 Å². The van der Waals surface area contributed by atoms with Crippen molar-refractivity contribution in [2.45, 2.75) is 6.42 Å². The van der Waals surface area contributed by atoms with Gasteiger partial charge in [-0.25, -0.2) is 0 Å². The van der Waals surface area contributed by atoms with Crippen molar-refractivity contribution >= 4 is 34.3 Å². The van der Waals surface area contributed by atoms with Crippen LogP contribution in [0.15, 0.2) is 0 Å². The molecular weight excluding hydrogens is 221 g/mol. The fourth-order valence-corrected chi connectivity index (χ4v) is 0.504. The summed E-state index contributed by atoms with van der Waals surface area (Å²) in [4.78, 5) is 10.5. The quantitative estimate of drug-likeness (QED) is 0.573. The molecule has 0 saturated carbocycles. The van der Waals surface area contributed by atoms with Gasteiger partial charge >= 0.3 is 5.97 Å². The normalized spacial score (nSPS) is 8.20. The summed E-state index contributed by atoms with van der Waals surface area (Å²) in [7, 11) is 0. The molecule has 3 nitrogen and oxygen atoms in total. The first-order valence-electron chi connectivity index (χ1n) is 2.73. The first-order chi connectivity index (χ1) is 4.31. The maximum absolute atomic E-state index is 10.5. The minimum atomic E-state index is -0.225. The lowest BCUT2D eigenvalue weighted by Crippen LogP contribution is -2.12. The van der Waals surface area contributed by atoms with Crippen LogP contribution in [0.2, 0.25) is 0 Å². The van der Waals surface area contributed by atoms with E-state index in [0.29, 0.717) is 24.9 Å². The Bertz CT molecular complexity index is 91.7. The number of esters is 1. The second kappa shape index (κ2) is 9.20. The molecule has 5 heteroatoms.